The highest BCUT2D eigenvalue weighted by atomic mass is 28.4. The first-order chi connectivity index (χ1) is 13.1. The summed E-state index contributed by atoms with van der Waals surface area (Å²) in [5.41, 5.74) is 1.04. The summed E-state index contributed by atoms with van der Waals surface area (Å²) in [5.74, 6) is 0.809. The van der Waals surface area contributed by atoms with Gasteiger partial charge in [-0.25, -0.2) is 0 Å². The molecule has 0 saturated carbocycles. The van der Waals surface area contributed by atoms with Gasteiger partial charge in [-0.05, 0) is 35.8 Å². The third-order valence-electron chi connectivity index (χ3n) is 5.78. The van der Waals surface area contributed by atoms with Gasteiger partial charge in [0.2, 0.25) is 0 Å². The Balaban J connectivity index is 2.07. The minimum Gasteiger partial charge on any atom is -0.497 e. The maximum absolute atomic E-state index is 9.78. The molecule has 4 atom stereocenters. The Bertz CT molecular complexity index is 598. The molecule has 1 aliphatic heterocycles. The summed E-state index contributed by atoms with van der Waals surface area (Å²) in [6, 6.07) is 7.75. The lowest BCUT2D eigenvalue weighted by molar-refractivity contribution is -0.266. The lowest BCUT2D eigenvalue weighted by Gasteiger charge is -2.45. The van der Waals surface area contributed by atoms with Crippen LogP contribution in [-0.4, -0.2) is 58.9 Å². The lowest BCUT2D eigenvalue weighted by Crippen LogP contribution is -2.55. The molecule has 28 heavy (non-hydrogen) atoms. The Morgan fingerprint density at radius 2 is 1.75 bits per heavy atom. The maximum Gasteiger partial charge on any atom is 0.192 e. The number of rotatable bonds is 8. The van der Waals surface area contributed by atoms with Gasteiger partial charge in [0, 0.05) is 13.5 Å². The van der Waals surface area contributed by atoms with Crippen LogP contribution in [0.4, 0.5) is 0 Å². The van der Waals surface area contributed by atoms with Crippen LogP contribution in [0.1, 0.15) is 32.8 Å². The second-order valence-corrected chi connectivity index (χ2v) is 13.6. The van der Waals surface area contributed by atoms with Crippen molar-refractivity contribution in [1.82, 2.24) is 0 Å². The minimum absolute atomic E-state index is 0.0819. The first-order valence-corrected chi connectivity index (χ1v) is 12.7. The molecular formula is C21H36O6Si. The van der Waals surface area contributed by atoms with Crippen molar-refractivity contribution in [2.45, 2.75) is 76.5 Å². The first-order valence-electron chi connectivity index (χ1n) is 9.82. The summed E-state index contributed by atoms with van der Waals surface area (Å²) in [7, 11) is 1.25. The van der Waals surface area contributed by atoms with Gasteiger partial charge in [-0.2, -0.15) is 0 Å². The Hall–Kier alpha value is -0.963. The average Bonchev–Trinajstić information content (AvgIpc) is 2.65. The highest BCUT2D eigenvalue weighted by Gasteiger charge is 2.45. The summed E-state index contributed by atoms with van der Waals surface area (Å²) in [5, 5.41) is 9.86. The molecule has 160 valence electrons. The van der Waals surface area contributed by atoms with Gasteiger partial charge in [-0.15, -0.1) is 0 Å². The number of aliphatic hydroxyl groups is 1. The van der Waals surface area contributed by atoms with E-state index in [2.05, 4.69) is 33.9 Å². The molecule has 1 heterocycles. The Morgan fingerprint density at radius 3 is 2.25 bits per heavy atom. The molecule has 1 aromatic rings. The van der Waals surface area contributed by atoms with Crippen molar-refractivity contribution in [1.29, 1.82) is 0 Å². The van der Waals surface area contributed by atoms with Crippen molar-refractivity contribution in [3.8, 4) is 5.75 Å². The van der Waals surface area contributed by atoms with Crippen molar-refractivity contribution in [3.63, 3.8) is 0 Å². The standard InChI is InChI=1S/C21H36O6Si/c1-21(2,3)28(6,7)27-18-12-17(19(13-22)26-20(18)24-5)25-14-15-8-10-16(23-4)11-9-15/h8-11,17-20,22H,12-14H2,1-7H3/t17-,18-,19+,20-/m0/s1. The van der Waals surface area contributed by atoms with Crippen molar-refractivity contribution < 1.29 is 28.5 Å². The molecule has 1 aliphatic rings. The fourth-order valence-corrected chi connectivity index (χ4v) is 4.28. The van der Waals surface area contributed by atoms with E-state index >= 15 is 0 Å². The van der Waals surface area contributed by atoms with Gasteiger partial charge >= 0.3 is 0 Å². The second-order valence-electron chi connectivity index (χ2n) is 8.81. The van der Waals surface area contributed by atoms with Gasteiger partial charge < -0.3 is 28.5 Å². The number of methoxy groups -OCH3 is 2. The number of hydrogen-bond donors (Lipinski definition) is 1. The van der Waals surface area contributed by atoms with Crippen molar-refractivity contribution in [2.24, 2.45) is 0 Å². The molecule has 7 heteroatoms. The summed E-state index contributed by atoms with van der Waals surface area (Å²) in [4.78, 5) is 0. The molecular weight excluding hydrogens is 376 g/mol. The lowest BCUT2D eigenvalue weighted by atomic mass is 10.0. The highest BCUT2D eigenvalue weighted by Crippen LogP contribution is 2.39. The van der Waals surface area contributed by atoms with Gasteiger partial charge in [-0.1, -0.05) is 32.9 Å². The zero-order chi connectivity index (χ0) is 20.9. The maximum atomic E-state index is 9.78. The van der Waals surface area contributed by atoms with Crippen LogP contribution < -0.4 is 4.74 Å². The van der Waals surface area contributed by atoms with E-state index in [4.69, 9.17) is 23.4 Å². The number of benzene rings is 1. The van der Waals surface area contributed by atoms with Crippen LogP contribution in [0.15, 0.2) is 24.3 Å². The smallest absolute Gasteiger partial charge is 0.192 e. The summed E-state index contributed by atoms with van der Waals surface area (Å²) in [6.07, 6.45) is -0.829. The van der Waals surface area contributed by atoms with Gasteiger partial charge in [0.15, 0.2) is 14.6 Å². The summed E-state index contributed by atoms with van der Waals surface area (Å²) < 4.78 is 29.4. The number of hydrogen-bond acceptors (Lipinski definition) is 6. The van der Waals surface area contributed by atoms with Crippen LogP contribution in [0.5, 0.6) is 5.75 Å². The van der Waals surface area contributed by atoms with Gasteiger partial charge in [-0.3, -0.25) is 0 Å². The predicted molar refractivity (Wildman–Crippen MR) is 111 cm³/mol. The van der Waals surface area contributed by atoms with Crippen LogP contribution in [0.2, 0.25) is 18.1 Å². The summed E-state index contributed by atoms with van der Waals surface area (Å²) >= 11 is 0. The molecule has 0 spiro atoms. The third kappa shape index (κ3) is 5.78. The van der Waals surface area contributed by atoms with E-state index in [1.54, 1.807) is 14.2 Å². The second kappa shape index (κ2) is 9.69. The molecule has 1 N–H and O–H groups in total. The van der Waals surface area contributed by atoms with Crippen molar-refractivity contribution in [3.05, 3.63) is 29.8 Å². The fraction of sp³-hybridized carbons (Fsp3) is 0.714. The topological polar surface area (TPSA) is 66.4 Å². The van der Waals surface area contributed by atoms with Gasteiger partial charge in [0.1, 0.15) is 11.9 Å². The van der Waals surface area contributed by atoms with E-state index in [0.717, 1.165) is 11.3 Å². The molecule has 6 nitrogen and oxygen atoms in total. The van der Waals surface area contributed by atoms with Crippen LogP contribution in [0.25, 0.3) is 0 Å². The van der Waals surface area contributed by atoms with E-state index < -0.39 is 20.7 Å². The number of aliphatic hydroxyl groups excluding tert-OH is 1. The summed E-state index contributed by atoms with van der Waals surface area (Å²) in [6.45, 7) is 11.4. The van der Waals surface area contributed by atoms with E-state index in [0.29, 0.717) is 13.0 Å². The third-order valence-corrected chi connectivity index (χ3v) is 10.3. The van der Waals surface area contributed by atoms with Crippen LogP contribution in [0.3, 0.4) is 0 Å². The van der Waals surface area contributed by atoms with Crippen molar-refractivity contribution in [2.75, 3.05) is 20.8 Å². The molecule has 0 amide bonds. The SMILES string of the molecule is COc1ccc(CO[C@H]2C[C@H](O[Si](C)(C)C(C)(C)C)[C@@H](OC)O[C@@H]2CO)cc1. The van der Waals surface area contributed by atoms with E-state index in [1.165, 1.54) is 0 Å². The van der Waals surface area contributed by atoms with Crippen LogP contribution >= 0.6 is 0 Å². The molecule has 2 rings (SSSR count). The van der Waals surface area contributed by atoms with Crippen molar-refractivity contribution >= 4 is 8.32 Å². The van der Waals surface area contributed by atoms with Crippen LogP contribution in [-0.2, 0) is 25.2 Å². The highest BCUT2D eigenvalue weighted by molar-refractivity contribution is 6.74. The molecule has 1 aromatic carbocycles. The molecule has 0 aromatic heterocycles. The molecule has 0 aliphatic carbocycles. The molecule has 0 radical (unpaired) electrons. The minimum atomic E-state index is -2.00. The van der Waals surface area contributed by atoms with E-state index in [9.17, 15) is 5.11 Å². The quantitative estimate of drug-likeness (QED) is 0.657. The zero-order valence-corrected chi connectivity index (χ0v) is 19.2. The molecule has 1 fully saturated rings. The Morgan fingerprint density at radius 1 is 1.11 bits per heavy atom. The first kappa shape index (κ1) is 23.3. The zero-order valence-electron chi connectivity index (χ0n) is 18.2. The monoisotopic (exact) mass is 412 g/mol. The molecule has 0 bridgehead atoms. The normalized spacial score (nSPS) is 26.3. The average molecular weight is 413 g/mol. The van der Waals surface area contributed by atoms with Gasteiger partial charge in [0.05, 0.1) is 32.5 Å². The molecule has 1 saturated heterocycles. The Labute approximate surface area is 170 Å². The van der Waals surface area contributed by atoms with Crippen LogP contribution in [0, 0.1) is 0 Å². The van der Waals surface area contributed by atoms with E-state index in [-0.39, 0.29) is 23.9 Å². The predicted octanol–water partition coefficient (Wildman–Crippen LogP) is 3.72. The fourth-order valence-electron chi connectivity index (χ4n) is 2.97. The Kier molecular flexibility index (Phi) is 8.07. The largest absolute Gasteiger partial charge is 0.497 e. The van der Waals surface area contributed by atoms with E-state index in [1.807, 2.05) is 24.3 Å². The van der Waals surface area contributed by atoms with Gasteiger partial charge in [0.25, 0.3) is 0 Å². The number of ether oxygens (including phenoxy) is 4. The molecule has 0 unspecified atom stereocenters.